The summed E-state index contributed by atoms with van der Waals surface area (Å²) < 4.78 is 10.3. The maximum absolute atomic E-state index is 13.2. The lowest BCUT2D eigenvalue weighted by Gasteiger charge is -2.30. The highest BCUT2D eigenvalue weighted by Gasteiger charge is 2.39. The predicted molar refractivity (Wildman–Crippen MR) is 128 cm³/mol. The number of carbonyl (C=O) groups excluding carboxylic acids is 2. The lowest BCUT2D eigenvalue weighted by Crippen LogP contribution is -2.55. The van der Waals surface area contributed by atoms with Crippen LogP contribution in [-0.2, 0) is 11.2 Å². The average Bonchev–Trinajstić information content (AvgIpc) is 3.27. The number of aromatic amines is 1. The first-order valence-corrected chi connectivity index (χ1v) is 11.3. The summed E-state index contributed by atoms with van der Waals surface area (Å²) in [6, 6.07) is 5.73. The van der Waals surface area contributed by atoms with Crippen LogP contribution in [0.3, 0.4) is 0 Å². The number of hydrogen-bond donors (Lipinski definition) is 6. The minimum absolute atomic E-state index is 0.0128. The van der Waals surface area contributed by atoms with Gasteiger partial charge in [-0.3, -0.25) is 19.4 Å². The molecule has 0 saturated heterocycles. The summed E-state index contributed by atoms with van der Waals surface area (Å²) in [5, 5.41) is 26.5. The number of carboxylic acids is 1. The quantitative estimate of drug-likeness (QED) is 0.228. The molecule has 1 unspecified atom stereocenters. The summed E-state index contributed by atoms with van der Waals surface area (Å²) >= 11 is 1.04. The number of carbonyl (C=O) groups is 3. The van der Waals surface area contributed by atoms with Crippen molar-refractivity contribution in [3.63, 3.8) is 0 Å². The fraction of sp³-hybridized carbons (Fsp3) is 0.190. The van der Waals surface area contributed by atoms with Crippen molar-refractivity contribution in [2.45, 2.75) is 18.4 Å². The van der Waals surface area contributed by atoms with Crippen LogP contribution in [0.15, 0.2) is 40.5 Å². The molecule has 0 radical (unpaired) electrons. The van der Waals surface area contributed by atoms with Crippen LogP contribution in [0, 0.1) is 0 Å². The molecule has 1 aliphatic rings. The third kappa shape index (κ3) is 5.01. The molecule has 2 atom stereocenters. The topological polar surface area (TPSA) is 206 Å². The van der Waals surface area contributed by atoms with Crippen LogP contribution in [-0.4, -0.2) is 58.1 Å². The van der Waals surface area contributed by atoms with E-state index in [0.717, 1.165) is 11.3 Å². The summed E-state index contributed by atoms with van der Waals surface area (Å²) in [5.41, 5.74) is 5.16. The van der Waals surface area contributed by atoms with Crippen molar-refractivity contribution >= 4 is 41.4 Å². The van der Waals surface area contributed by atoms with E-state index in [1.54, 1.807) is 6.07 Å². The number of ether oxygens (including phenoxy) is 1. The van der Waals surface area contributed by atoms with Crippen molar-refractivity contribution in [1.29, 1.82) is 0 Å². The van der Waals surface area contributed by atoms with Crippen LogP contribution in [0.5, 0.6) is 11.6 Å². The lowest BCUT2D eigenvalue weighted by atomic mass is 9.72. The summed E-state index contributed by atoms with van der Waals surface area (Å²) in [6.45, 7) is 0. The van der Waals surface area contributed by atoms with Gasteiger partial charge in [-0.15, -0.1) is 11.3 Å². The van der Waals surface area contributed by atoms with E-state index in [2.05, 4.69) is 20.6 Å². The van der Waals surface area contributed by atoms with Crippen molar-refractivity contribution in [2.75, 3.05) is 12.8 Å². The molecule has 0 saturated carbocycles. The van der Waals surface area contributed by atoms with Crippen molar-refractivity contribution in [3.05, 3.63) is 68.4 Å². The van der Waals surface area contributed by atoms with Gasteiger partial charge in [-0.2, -0.15) is 0 Å². The predicted octanol–water partition coefficient (Wildman–Crippen LogP) is -0.269. The van der Waals surface area contributed by atoms with Gasteiger partial charge in [0.2, 0.25) is 5.91 Å². The van der Waals surface area contributed by atoms with E-state index in [4.69, 9.17) is 15.1 Å². The number of anilines is 1. The van der Waals surface area contributed by atoms with E-state index in [1.807, 2.05) is 0 Å². The molecule has 2 aromatic heterocycles. The normalized spacial score (nSPS) is 15.3. The maximum atomic E-state index is 13.2. The Morgan fingerprint density at radius 1 is 1.31 bits per heavy atom. The number of nitrogens with two attached hydrogens (primary N) is 1. The first-order valence-electron chi connectivity index (χ1n) is 10.5. The minimum Gasteiger partial charge on any atom is -0.534 e. The number of amides is 2. The molecular weight excluding hydrogens is 493 g/mol. The number of rotatable bonds is 7. The number of H-pyrrole nitrogens is 1. The first-order chi connectivity index (χ1) is 17.2. The molecule has 4 rings (SSSR count). The highest BCUT2D eigenvalue weighted by molar-refractivity contribution is 7.13. The molecule has 36 heavy (non-hydrogen) atoms. The molecule has 7 N–H and O–H groups in total. The second kappa shape index (κ2) is 10.1. The number of nitrogens with one attached hydrogen (secondary N) is 3. The van der Waals surface area contributed by atoms with Gasteiger partial charge in [0.15, 0.2) is 17.1 Å². The number of benzene rings is 1. The second-order valence-corrected chi connectivity index (χ2v) is 8.60. The number of nitrogens with zero attached hydrogens (tertiary/aromatic N) is 1. The van der Waals surface area contributed by atoms with Crippen molar-refractivity contribution in [3.8, 4) is 11.6 Å². The lowest BCUT2D eigenvalue weighted by molar-refractivity contribution is -0.123. The number of thiazole rings is 1. The molecular formula is C21H20BN5O8S. The first kappa shape index (κ1) is 24.7. The third-order valence-electron chi connectivity index (χ3n) is 5.40. The van der Waals surface area contributed by atoms with Crippen LogP contribution >= 0.6 is 11.3 Å². The summed E-state index contributed by atoms with van der Waals surface area (Å²) in [5.74, 6) is -3.66. The molecule has 2 amide bonds. The molecule has 13 nitrogen and oxygen atoms in total. The van der Waals surface area contributed by atoms with Gasteiger partial charge in [-0.25, -0.2) is 9.78 Å². The summed E-state index contributed by atoms with van der Waals surface area (Å²) in [7, 11) is -0.217. The number of aromatic carboxylic acids is 1. The Kier molecular flexibility index (Phi) is 6.94. The molecule has 1 aliphatic heterocycles. The fourth-order valence-corrected chi connectivity index (χ4v) is 4.24. The standard InChI is InChI=1S/C21H20BN5O8S/c1-34-14-6-5-11(17(28)26-14)18(29)27-15(12-8-36-21(23)24-12)19(30)25-13-7-9-3-2-4-10(20(31)32)16(9)35-22(13)33/h2-6,8,13,15,33H,7H2,1H3,(H2,23,24)(H,25,30)(H,26,28)(H,27,29)(H,31,32)/t13-,15?/m0/s1. The molecule has 186 valence electrons. The zero-order chi connectivity index (χ0) is 26.0. The Morgan fingerprint density at radius 2 is 2.08 bits per heavy atom. The highest BCUT2D eigenvalue weighted by atomic mass is 32.1. The summed E-state index contributed by atoms with van der Waals surface area (Å²) in [4.78, 5) is 56.2. The largest absolute Gasteiger partial charge is 0.547 e. The van der Waals surface area contributed by atoms with Gasteiger partial charge in [0.1, 0.15) is 11.3 Å². The summed E-state index contributed by atoms with van der Waals surface area (Å²) in [6.07, 6.45) is 0.0569. The van der Waals surface area contributed by atoms with Crippen LogP contribution in [0.1, 0.15) is 38.0 Å². The van der Waals surface area contributed by atoms with Crippen LogP contribution in [0.25, 0.3) is 0 Å². The minimum atomic E-state index is -1.57. The monoisotopic (exact) mass is 513 g/mol. The number of hydrogen-bond acceptors (Lipinski definition) is 10. The van der Waals surface area contributed by atoms with Gasteiger partial charge >= 0.3 is 13.1 Å². The molecule has 0 spiro atoms. The van der Waals surface area contributed by atoms with Gasteiger partial charge in [-0.05, 0) is 30.2 Å². The van der Waals surface area contributed by atoms with E-state index in [9.17, 15) is 29.3 Å². The Hall–Kier alpha value is -4.37. The van der Waals surface area contributed by atoms with Gasteiger partial charge in [0.25, 0.3) is 11.5 Å². The highest BCUT2D eigenvalue weighted by Crippen LogP contribution is 2.30. The Bertz CT molecular complexity index is 1390. The van der Waals surface area contributed by atoms with Gasteiger partial charge < -0.3 is 35.9 Å². The van der Waals surface area contributed by atoms with Crippen molar-refractivity contribution in [1.82, 2.24) is 20.6 Å². The molecule has 0 bridgehead atoms. The number of para-hydroxylation sites is 1. The molecule has 1 aromatic carbocycles. The Balaban J connectivity index is 1.57. The van der Waals surface area contributed by atoms with Crippen molar-refractivity contribution < 1.29 is 33.9 Å². The van der Waals surface area contributed by atoms with E-state index >= 15 is 0 Å². The third-order valence-corrected chi connectivity index (χ3v) is 6.09. The number of nitrogen functional groups attached to an aromatic ring is 1. The zero-order valence-electron chi connectivity index (χ0n) is 18.7. The van der Waals surface area contributed by atoms with Crippen molar-refractivity contribution in [2.24, 2.45) is 0 Å². The molecule has 3 aromatic rings. The number of carboxylic acid groups (broad SMARTS) is 1. The number of aromatic nitrogens is 2. The molecule has 0 fully saturated rings. The molecule has 15 heteroatoms. The van der Waals surface area contributed by atoms with Crippen LogP contribution < -0.4 is 31.3 Å². The molecule has 0 aliphatic carbocycles. The van der Waals surface area contributed by atoms with Gasteiger partial charge in [0, 0.05) is 5.38 Å². The molecule has 3 heterocycles. The smallest absolute Gasteiger partial charge is 0.534 e. The van der Waals surface area contributed by atoms with E-state index in [0.29, 0.717) is 5.56 Å². The van der Waals surface area contributed by atoms with E-state index in [-0.39, 0.29) is 40.0 Å². The zero-order valence-corrected chi connectivity index (χ0v) is 19.5. The van der Waals surface area contributed by atoms with Crippen LogP contribution in [0.2, 0.25) is 0 Å². The van der Waals surface area contributed by atoms with Gasteiger partial charge in [0.05, 0.1) is 24.3 Å². The Labute approximate surface area is 207 Å². The maximum Gasteiger partial charge on any atom is 0.547 e. The van der Waals surface area contributed by atoms with Gasteiger partial charge in [-0.1, -0.05) is 12.1 Å². The van der Waals surface area contributed by atoms with Crippen LogP contribution in [0.4, 0.5) is 5.13 Å². The number of pyridine rings is 1. The second-order valence-electron chi connectivity index (χ2n) is 7.71. The van der Waals surface area contributed by atoms with E-state index in [1.165, 1.54) is 36.8 Å². The fourth-order valence-electron chi connectivity index (χ4n) is 3.65. The number of fused-ring (bicyclic) bond motifs is 1. The van der Waals surface area contributed by atoms with E-state index < -0.39 is 42.4 Å². The average molecular weight is 513 g/mol. The number of methoxy groups -OCH3 is 1. The SMILES string of the molecule is COc1ccc(C(=O)NC(C(=O)N[C@H]2Cc3cccc(C(=O)O)c3OB2O)c2csc(N)n2)c(=O)[nH]1. The Morgan fingerprint density at radius 3 is 2.72 bits per heavy atom.